The Bertz CT molecular complexity index is 2390. The third-order valence-electron chi connectivity index (χ3n) is 14.1. The third kappa shape index (κ3) is 41.7. The molecule has 0 spiro atoms. The highest BCUT2D eigenvalue weighted by Crippen LogP contribution is 2.45. The normalized spacial score (nSPS) is 16.3. The number of rotatable bonds is 3. The van der Waals surface area contributed by atoms with Gasteiger partial charge in [0, 0.05) is 0 Å². The van der Waals surface area contributed by atoms with Crippen LogP contribution in [0.15, 0.2) is 115 Å². The molecule has 0 atom stereocenters. The molecule has 4 aromatic rings. The molecule has 0 N–H and O–H groups in total. The van der Waals surface area contributed by atoms with Gasteiger partial charge in [-0.2, -0.15) is 0 Å². The molecular weight excluding hydrogens is 997 g/mol. The molecule has 0 heteroatoms. The van der Waals surface area contributed by atoms with Crippen molar-refractivity contribution in [2.45, 2.75) is 291 Å². The van der Waals surface area contributed by atoms with Gasteiger partial charge in [-0.15, -0.1) is 0 Å². The quantitative estimate of drug-likeness (QED) is 0.192. The molecule has 83 heavy (non-hydrogen) atoms. The molecule has 0 unspecified atom stereocenters. The first-order valence-electron chi connectivity index (χ1n) is 32.5. The highest BCUT2D eigenvalue weighted by Gasteiger charge is 2.34. The largest absolute Gasteiger partial charge is 0.0795 e. The van der Waals surface area contributed by atoms with E-state index in [9.17, 15) is 0 Å². The van der Waals surface area contributed by atoms with Crippen molar-refractivity contribution in [2.24, 2.45) is 55.2 Å². The average Bonchev–Trinajstić information content (AvgIpc) is 3.97. The number of hydrogen-bond acceptors (Lipinski definition) is 0. The van der Waals surface area contributed by atoms with Crippen molar-refractivity contribution in [3.05, 3.63) is 159 Å². The second-order valence-corrected chi connectivity index (χ2v) is 37.0. The number of fused-ring (bicyclic) bond motifs is 2. The first-order chi connectivity index (χ1) is 37.1. The maximum Gasteiger partial charge on any atom is -0.00526 e. The van der Waals surface area contributed by atoms with Gasteiger partial charge in [-0.25, -0.2) is 0 Å². The summed E-state index contributed by atoms with van der Waals surface area (Å²) in [6.45, 7) is 74.5. The van der Waals surface area contributed by atoms with E-state index in [1.165, 1.54) is 83.0 Å². The Hall–Kier alpha value is -3.90. The molecule has 3 aliphatic rings. The van der Waals surface area contributed by atoms with E-state index in [0.29, 0.717) is 37.9 Å². The first-order valence-corrected chi connectivity index (χ1v) is 32.5. The second-order valence-electron chi connectivity index (χ2n) is 37.0. The number of aryl methyl sites for hydroxylation is 1. The van der Waals surface area contributed by atoms with Gasteiger partial charge in [0.05, 0.1) is 0 Å². The van der Waals surface area contributed by atoms with Crippen molar-refractivity contribution in [2.75, 3.05) is 0 Å². The zero-order chi connectivity index (χ0) is 64.9. The summed E-state index contributed by atoms with van der Waals surface area (Å²) in [6.07, 6.45) is 21.7. The zero-order valence-electron chi connectivity index (χ0n) is 61.4. The van der Waals surface area contributed by atoms with E-state index >= 15 is 0 Å². The van der Waals surface area contributed by atoms with Crippen LogP contribution in [0.1, 0.15) is 305 Å². The van der Waals surface area contributed by atoms with E-state index in [1.807, 2.05) is 0 Å². The van der Waals surface area contributed by atoms with Gasteiger partial charge in [0.25, 0.3) is 0 Å². The van der Waals surface area contributed by atoms with Gasteiger partial charge in [-0.1, -0.05) is 361 Å². The summed E-state index contributed by atoms with van der Waals surface area (Å²) < 4.78 is 0. The summed E-state index contributed by atoms with van der Waals surface area (Å²) in [5.41, 5.74) is 16.9. The summed E-state index contributed by atoms with van der Waals surface area (Å²) in [5.74, 6) is 1.92. The number of benzene rings is 4. The molecule has 0 nitrogen and oxygen atoms in total. The Morgan fingerprint density at radius 1 is 0.398 bits per heavy atom. The lowest BCUT2D eigenvalue weighted by molar-refractivity contribution is 0.0970. The van der Waals surface area contributed by atoms with Crippen LogP contribution < -0.4 is 0 Å². The molecule has 0 bridgehead atoms. The van der Waals surface area contributed by atoms with Gasteiger partial charge in [-0.05, 0) is 162 Å². The van der Waals surface area contributed by atoms with Gasteiger partial charge in [0.1, 0.15) is 0 Å². The minimum Gasteiger partial charge on any atom is -0.0795 e. The lowest BCUT2D eigenvalue weighted by atomic mass is 9.64. The summed E-state index contributed by atoms with van der Waals surface area (Å²) in [5, 5.41) is 0. The van der Waals surface area contributed by atoms with Gasteiger partial charge in [0.15, 0.2) is 0 Å². The fraction of sp³-hybridized carbons (Fsp3) is 0.639. The summed E-state index contributed by atoms with van der Waals surface area (Å²) in [7, 11) is 0. The Morgan fingerprint density at radius 2 is 0.759 bits per heavy atom. The third-order valence-corrected chi connectivity index (χ3v) is 14.1. The predicted octanol–water partition coefficient (Wildman–Crippen LogP) is 27.0. The van der Waals surface area contributed by atoms with Gasteiger partial charge >= 0.3 is 0 Å². The molecule has 0 aliphatic heterocycles. The van der Waals surface area contributed by atoms with Gasteiger partial charge < -0.3 is 0 Å². The fourth-order valence-electron chi connectivity index (χ4n) is 8.91. The second kappa shape index (κ2) is 33.3. The molecule has 0 amide bonds. The van der Waals surface area contributed by atoms with Crippen LogP contribution in [0.5, 0.6) is 0 Å². The van der Waals surface area contributed by atoms with E-state index in [0.717, 1.165) is 24.7 Å². The minimum atomic E-state index is 0.242. The van der Waals surface area contributed by atoms with E-state index < -0.39 is 0 Å². The van der Waals surface area contributed by atoms with E-state index in [1.54, 1.807) is 5.57 Å². The standard InChI is InChI=1S/C16H26.C16H24.C14H28.C13H16.C9H8.3C5H12/c2*1-15(2,3)12-11-13-7-9-14(10-8-13)16(4,5)6;1-13(2,3)11-7-9-12(10-8-11)14(4,5)6;1-13(2,3)12-8-10-6-4-5-7-11(10)9-12;1-2-5-9-7-3-6-8(9)4-1;3*1-5(2,3)4/h7-10H,11-12H2,1-6H3;7-12H,1-6H3;11-12H,7-10H2,1-6H3;4-8H,9H2,1-3H3;1-6H,7H2;3*1-4H3/b;12-11+;;;;;;. The van der Waals surface area contributed by atoms with E-state index in [4.69, 9.17) is 0 Å². The molecule has 0 saturated heterocycles. The summed E-state index contributed by atoms with van der Waals surface area (Å²) >= 11 is 0. The molecule has 7 rings (SSSR count). The van der Waals surface area contributed by atoms with Crippen LogP contribution in [-0.4, -0.2) is 0 Å². The molecule has 470 valence electrons. The van der Waals surface area contributed by atoms with E-state index in [2.05, 4.69) is 356 Å². The fourth-order valence-corrected chi connectivity index (χ4v) is 8.91. The SMILES string of the molecule is C1=Cc2ccccc2C1.CC(C)(C)/C=C/c1ccc(C(C)(C)C)cc1.CC(C)(C)C.CC(C)(C)C.CC(C)(C)C.CC(C)(C)C1=Cc2ccccc2C1.CC(C)(C)C1CCC(C(C)(C)C)CC1.CC(C)(C)CCc1ccc(C(C)(C)C)cc1. The maximum absolute atomic E-state index is 2.40. The lowest BCUT2D eigenvalue weighted by Gasteiger charge is -2.41. The van der Waals surface area contributed by atoms with Crippen LogP contribution in [0.25, 0.3) is 18.2 Å². The minimum absolute atomic E-state index is 0.242. The highest BCUT2D eigenvalue weighted by molar-refractivity contribution is 5.64. The Kier molecular flexibility index (Phi) is 31.7. The number of allylic oxidation sites excluding steroid dienone is 3. The summed E-state index contributed by atoms with van der Waals surface area (Å²) in [6, 6.07) is 35.1. The molecule has 1 saturated carbocycles. The number of hydrogen-bond donors (Lipinski definition) is 0. The highest BCUT2D eigenvalue weighted by atomic mass is 14.4. The predicted molar refractivity (Wildman–Crippen MR) is 383 cm³/mol. The lowest BCUT2D eigenvalue weighted by Crippen LogP contribution is -2.30. The van der Waals surface area contributed by atoms with Crippen LogP contribution in [0, 0.1) is 55.2 Å². The van der Waals surface area contributed by atoms with Crippen molar-refractivity contribution in [3.8, 4) is 0 Å². The van der Waals surface area contributed by atoms with Crippen LogP contribution in [-0.2, 0) is 30.1 Å². The van der Waals surface area contributed by atoms with Gasteiger partial charge in [-0.3, -0.25) is 0 Å². The maximum atomic E-state index is 2.40. The smallest absolute Gasteiger partial charge is 0.00526 e. The van der Waals surface area contributed by atoms with Crippen LogP contribution >= 0.6 is 0 Å². The van der Waals surface area contributed by atoms with Crippen LogP contribution in [0.3, 0.4) is 0 Å². The Morgan fingerprint density at radius 3 is 1.08 bits per heavy atom. The molecule has 0 aromatic heterocycles. The molecule has 0 radical (unpaired) electrons. The molecule has 0 heterocycles. The van der Waals surface area contributed by atoms with Crippen LogP contribution in [0.2, 0.25) is 0 Å². The van der Waals surface area contributed by atoms with Crippen molar-refractivity contribution >= 4 is 18.2 Å². The molecular formula is C83H138. The van der Waals surface area contributed by atoms with Gasteiger partial charge in [0.2, 0.25) is 0 Å². The molecule has 1 fully saturated rings. The summed E-state index contributed by atoms with van der Waals surface area (Å²) in [4.78, 5) is 0. The first kappa shape index (κ1) is 79.1. The monoisotopic (exact) mass is 1140 g/mol. The van der Waals surface area contributed by atoms with Crippen molar-refractivity contribution < 1.29 is 0 Å². The Balaban J connectivity index is 0.000000959. The van der Waals surface area contributed by atoms with Crippen molar-refractivity contribution in [3.63, 3.8) is 0 Å². The molecule has 3 aliphatic carbocycles. The van der Waals surface area contributed by atoms with Crippen molar-refractivity contribution in [1.29, 1.82) is 0 Å². The van der Waals surface area contributed by atoms with Crippen molar-refractivity contribution in [1.82, 2.24) is 0 Å². The zero-order valence-corrected chi connectivity index (χ0v) is 61.4. The van der Waals surface area contributed by atoms with E-state index in [-0.39, 0.29) is 16.2 Å². The topological polar surface area (TPSA) is 0 Å². The molecule has 4 aromatic carbocycles. The van der Waals surface area contributed by atoms with Crippen LogP contribution in [0.4, 0.5) is 0 Å². The Labute approximate surface area is 520 Å². The average molecular weight is 1140 g/mol.